The van der Waals surface area contributed by atoms with Crippen LogP contribution in [0.25, 0.3) is 0 Å². The molecule has 0 aliphatic carbocycles. The summed E-state index contributed by atoms with van der Waals surface area (Å²) < 4.78 is 2.45. The molecule has 1 heterocycles. The molecule has 1 aliphatic rings. The molecular formula is C8H17IN2. The average molecular weight is 268 g/mol. The third-order valence-corrected chi connectivity index (χ3v) is 3.74. The van der Waals surface area contributed by atoms with Crippen molar-refractivity contribution in [1.29, 1.82) is 0 Å². The van der Waals surface area contributed by atoms with Crippen LogP contribution in [-0.2, 0) is 0 Å². The normalized spacial score (nSPS) is 36.0. The fourth-order valence-electron chi connectivity index (χ4n) is 1.47. The van der Waals surface area contributed by atoms with Crippen LogP contribution >= 0.6 is 22.9 Å². The second-order valence-corrected chi connectivity index (χ2v) is 4.67. The second-order valence-electron chi connectivity index (χ2n) is 3.43. The molecule has 11 heavy (non-hydrogen) atoms. The minimum absolute atomic E-state index is 0.717. The zero-order chi connectivity index (χ0) is 8.43. The number of rotatable bonds is 1. The third-order valence-electron chi connectivity index (χ3n) is 2.56. The summed E-state index contributed by atoms with van der Waals surface area (Å²) in [4.78, 5) is 2.45. The van der Waals surface area contributed by atoms with Gasteiger partial charge >= 0.3 is 0 Å². The van der Waals surface area contributed by atoms with Crippen LogP contribution in [0.1, 0.15) is 20.3 Å². The van der Waals surface area contributed by atoms with Gasteiger partial charge < -0.3 is 4.90 Å². The molecule has 0 bridgehead atoms. The molecule has 0 aromatic carbocycles. The van der Waals surface area contributed by atoms with Crippen molar-refractivity contribution >= 4 is 22.9 Å². The maximum atomic E-state index is 2.45. The fraction of sp³-hybridized carbons (Fsp3) is 1.00. The Morgan fingerprint density at radius 3 is 2.64 bits per heavy atom. The Bertz CT molecular complexity index is 129. The number of hydrogen-bond donors (Lipinski definition) is 0. The van der Waals surface area contributed by atoms with Crippen molar-refractivity contribution in [2.24, 2.45) is 0 Å². The number of halogens is 1. The molecule has 3 heteroatoms. The van der Waals surface area contributed by atoms with Gasteiger partial charge in [-0.1, -0.05) is 6.92 Å². The Hall–Kier alpha value is 0.650. The summed E-state index contributed by atoms with van der Waals surface area (Å²) in [6.07, 6.45) is 1.26. The van der Waals surface area contributed by atoms with Crippen molar-refractivity contribution < 1.29 is 0 Å². The van der Waals surface area contributed by atoms with Gasteiger partial charge in [0.25, 0.3) is 0 Å². The minimum Gasteiger partial charge on any atom is -0.301 e. The number of hydrogen-bond acceptors (Lipinski definition) is 2. The molecule has 0 amide bonds. The lowest BCUT2D eigenvalue weighted by Gasteiger charge is -2.40. The van der Waals surface area contributed by atoms with Crippen molar-refractivity contribution in [2.75, 3.05) is 20.1 Å². The van der Waals surface area contributed by atoms with Crippen molar-refractivity contribution in [3.8, 4) is 0 Å². The van der Waals surface area contributed by atoms with Crippen LogP contribution in [0.4, 0.5) is 0 Å². The van der Waals surface area contributed by atoms with Gasteiger partial charge in [-0.2, -0.15) is 0 Å². The summed E-state index contributed by atoms with van der Waals surface area (Å²) in [5.41, 5.74) is 0. The average Bonchev–Trinajstić information content (AvgIpc) is 1.97. The molecule has 1 fully saturated rings. The number of nitrogens with zero attached hydrogens (tertiary/aromatic N) is 2. The molecular weight excluding hydrogens is 251 g/mol. The van der Waals surface area contributed by atoms with Crippen LogP contribution in [-0.4, -0.2) is 40.2 Å². The first-order valence-electron chi connectivity index (χ1n) is 4.27. The first kappa shape index (κ1) is 9.74. The van der Waals surface area contributed by atoms with Crippen molar-refractivity contribution in [3.05, 3.63) is 0 Å². The molecule has 1 rings (SSSR count). The van der Waals surface area contributed by atoms with Crippen LogP contribution < -0.4 is 0 Å². The Morgan fingerprint density at radius 1 is 1.45 bits per heavy atom. The molecule has 0 saturated carbocycles. The Balaban J connectivity index is 2.48. The predicted molar refractivity (Wildman–Crippen MR) is 56.9 cm³/mol. The summed E-state index contributed by atoms with van der Waals surface area (Å²) in [5, 5.41) is 0. The summed E-state index contributed by atoms with van der Waals surface area (Å²) >= 11 is 2.45. The van der Waals surface area contributed by atoms with E-state index in [0.29, 0.717) is 0 Å². The van der Waals surface area contributed by atoms with Crippen LogP contribution in [0.5, 0.6) is 0 Å². The zero-order valence-corrected chi connectivity index (χ0v) is 9.71. The van der Waals surface area contributed by atoms with Crippen LogP contribution in [0.3, 0.4) is 0 Å². The molecule has 0 aromatic rings. The largest absolute Gasteiger partial charge is 0.301 e. The molecule has 2 atom stereocenters. The maximum Gasteiger partial charge on any atom is 0.0319 e. The van der Waals surface area contributed by atoms with Gasteiger partial charge in [-0.05, 0) is 20.4 Å². The van der Waals surface area contributed by atoms with E-state index in [2.05, 4.69) is 51.8 Å². The van der Waals surface area contributed by atoms with E-state index in [9.17, 15) is 0 Å². The fourth-order valence-corrected chi connectivity index (χ4v) is 2.61. The highest BCUT2D eigenvalue weighted by molar-refractivity contribution is 14.1. The van der Waals surface area contributed by atoms with E-state index in [1.165, 1.54) is 19.5 Å². The molecule has 66 valence electrons. The van der Waals surface area contributed by atoms with Crippen molar-refractivity contribution in [3.63, 3.8) is 0 Å². The molecule has 1 saturated heterocycles. The lowest BCUT2D eigenvalue weighted by atomic mass is 10.1. The maximum absolute atomic E-state index is 2.45. The van der Waals surface area contributed by atoms with Gasteiger partial charge in [-0.25, -0.2) is 3.11 Å². The third kappa shape index (κ3) is 2.29. The molecule has 0 N–H and O–H groups in total. The molecule has 0 radical (unpaired) electrons. The first-order chi connectivity index (χ1) is 5.15. The predicted octanol–water partition coefficient (Wildman–Crippen LogP) is 1.75. The molecule has 2 unspecified atom stereocenters. The Morgan fingerprint density at radius 2 is 2.09 bits per heavy atom. The van der Waals surface area contributed by atoms with Gasteiger partial charge in [0.2, 0.25) is 0 Å². The van der Waals surface area contributed by atoms with E-state index in [-0.39, 0.29) is 0 Å². The van der Waals surface area contributed by atoms with E-state index in [1.54, 1.807) is 0 Å². The van der Waals surface area contributed by atoms with Crippen molar-refractivity contribution in [2.45, 2.75) is 32.4 Å². The highest BCUT2D eigenvalue weighted by Gasteiger charge is 2.26. The Labute approximate surface area is 83.4 Å². The van der Waals surface area contributed by atoms with Gasteiger partial charge in [0.1, 0.15) is 0 Å². The Kier molecular flexibility index (Phi) is 3.58. The van der Waals surface area contributed by atoms with E-state index < -0.39 is 0 Å². The van der Waals surface area contributed by atoms with Gasteiger partial charge in [0, 0.05) is 48.0 Å². The zero-order valence-electron chi connectivity index (χ0n) is 7.55. The second kappa shape index (κ2) is 4.05. The van der Waals surface area contributed by atoms with Gasteiger partial charge in [-0.15, -0.1) is 0 Å². The topological polar surface area (TPSA) is 6.48 Å². The van der Waals surface area contributed by atoms with Gasteiger partial charge in [0.05, 0.1) is 0 Å². The summed E-state index contributed by atoms with van der Waals surface area (Å²) in [6.45, 7) is 6.98. The van der Waals surface area contributed by atoms with E-state index in [0.717, 1.165) is 12.1 Å². The molecule has 2 nitrogen and oxygen atoms in total. The monoisotopic (exact) mass is 268 g/mol. The van der Waals surface area contributed by atoms with Crippen LogP contribution in [0.2, 0.25) is 0 Å². The molecule has 0 aromatic heterocycles. The van der Waals surface area contributed by atoms with E-state index >= 15 is 0 Å². The van der Waals surface area contributed by atoms with Crippen LogP contribution in [0.15, 0.2) is 0 Å². The lowest BCUT2D eigenvalue weighted by Crippen LogP contribution is -2.51. The van der Waals surface area contributed by atoms with Gasteiger partial charge in [-0.3, -0.25) is 0 Å². The van der Waals surface area contributed by atoms with Crippen LogP contribution in [0, 0.1) is 0 Å². The molecule has 1 aliphatic heterocycles. The quantitative estimate of drug-likeness (QED) is 0.528. The molecule has 0 spiro atoms. The summed E-state index contributed by atoms with van der Waals surface area (Å²) in [5.74, 6) is 0. The lowest BCUT2D eigenvalue weighted by molar-refractivity contribution is 0.127. The van der Waals surface area contributed by atoms with E-state index in [4.69, 9.17) is 0 Å². The minimum atomic E-state index is 0.717. The number of piperazine rings is 1. The summed E-state index contributed by atoms with van der Waals surface area (Å²) in [7, 11) is 2.22. The highest BCUT2D eigenvalue weighted by atomic mass is 127. The first-order valence-corrected chi connectivity index (χ1v) is 5.24. The van der Waals surface area contributed by atoms with E-state index in [1.807, 2.05) is 0 Å². The van der Waals surface area contributed by atoms with Crippen molar-refractivity contribution in [1.82, 2.24) is 8.01 Å². The number of likely N-dealkylation sites (N-methyl/N-ethyl adjacent to an activating group) is 1. The highest BCUT2D eigenvalue weighted by Crippen LogP contribution is 2.19. The smallest absolute Gasteiger partial charge is 0.0319 e. The summed E-state index contributed by atoms with van der Waals surface area (Å²) in [6, 6.07) is 1.48. The SMILES string of the molecule is CCC1CN(C)C(C)CN1I. The standard InChI is InChI=1S/C8H17IN2/c1-4-8-6-10(3)7(2)5-11(8)9/h7-8H,4-6H2,1-3H3. The van der Waals surface area contributed by atoms with Gasteiger partial charge in [0.15, 0.2) is 0 Å².